The maximum atomic E-state index is 5.96. The molecule has 3 nitrogen and oxygen atoms in total. The lowest BCUT2D eigenvalue weighted by atomic mass is 10.0. The first-order chi connectivity index (χ1) is 10.8. The minimum atomic E-state index is 0.557. The van der Waals surface area contributed by atoms with Crippen LogP contribution in [0.15, 0.2) is 29.4 Å². The number of thioether (sulfide) groups is 1. The molecule has 4 heteroatoms. The van der Waals surface area contributed by atoms with Gasteiger partial charge in [-0.3, -0.25) is 0 Å². The van der Waals surface area contributed by atoms with Crippen molar-refractivity contribution >= 4 is 11.8 Å². The van der Waals surface area contributed by atoms with Crippen molar-refractivity contribution in [2.45, 2.75) is 57.3 Å². The Morgan fingerprint density at radius 3 is 2.73 bits per heavy atom. The lowest BCUT2D eigenvalue weighted by Gasteiger charge is -2.06. The van der Waals surface area contributed by atoms with E-state index in [1.807, 2.05) is 11.8 Å². The minimum Gasteiger partial charge on any atom is -0.325 e. The highest BCUT2D eigenvalue weighted by Crippen LogP contribution is 2.33. The van der Waals surface area contributed by atoms with Gasteiger partial charge in [0.2, 0.25) is 0 Å². The zero-order valence-corrected chi connectivity index (χ0v) is 14.2. The number of fused-ring (bicyclic) bond motifs is 1. The van der Waals surface area contributed by atoms with Crippen molar-refractivity contribution in [3.8, 4) is 11.3 Å². The summed E-state index contributed by atoms with van der Waals surface area (Å²) in [6.45, 7) is 3.85. The Balaban J connectivity index is 1.73. The molecule has 118 valence electrons. The van der Waals surface area contributed by atoms with Gasteiger partial charge in [-0.2, -0.15) is 0 Å². The Kier molecular flexibility index (Phi) is 5.21. The van der Waals surface area contributed by atoms with Crippen LogP contribution in [0.1, 0.15) is 43.9 Å². The Hall–Kier alpha value is -1.26. The summed E-state index contributed by atoms with van der Waals surface area (Å²) in [4.78, 5) is 4.79. The SMILES string of the molecule is CCCCCCc1ccc(-c2nc3n(c2CN)CCS3)cc1. The van der Waals surface area contributed by atoms with Crippen molar-refractivity contribution in [3.63, 3.8) is 0 Å². The molecule has 0 amide bonds. The van der Waals surface area contributed by atoms with Crippen LogP contribution in [0.2, 0.25) is 0 Å². The number of nitrogens with zero attached hydrogens (tertiary/aromatic N) is 2. The summed E-state index contributed by atoms with van der Waals surface area (Å²) in [6.07, 6.45) is 6.44. The smallest absolute Gasteiger partial charge is 0.168 e. The summed E-state index contributed by atoms with van der Waals surface area (Å²) in [5.74, 6) is 1.12. The maximum Gasteiger partial charge on any atom is 0.168 e. The van der Waals surface area contributed by atoms with Crippen LogP contribution in [0, 0.1) is 0 Å². The zero-order valence-electron chi connectivity index (χ0n) is 13.3. The van der Waals surface area contributed by atoms with Gasteiger partial charge in [0.15, 0.2) is 5.16 Å². The summed E-state index contributed by atoms with van der Waals surface area (Å²) >= 11 is 1.83. The van der Waals surface area contributed by atoms with Crippen LogP contribution in [-0.4, -0.2) is 15.3 Å². The van der Waals surface area contributed by atoms with Crippen LogP contribution in [0.25, 0.3) is 11.3 Å². The van der Waals surface area contributed by atoms with E-state index in [2.05, 4.69) is 35.8 Å². The van der Waals surface area contributed by atoms with Crippen molar-refractivity contribution < 1.29 is 0 Å². The van der Waals surface area contributed by atoms with Crippen molar-refractivity contribution in [1.82, 2.24) is 9.55 Å². The first kappa shape index (κ1) is 15.6. The number of hydrogen-bond donors (Lipinski definition) is 1. The van der Waals surface area contributed by atoms with Crippen LogP contribution in [0.4, 0.5) is 0 Å². The maximum absolute atomic E-state index is 5.96. The molecule has 1 aliphatic heterocycles. The molecule has 0 saturated heterocycles. The van der Waals surface area contributed by atoms with E-state index in [4.69, 9.17) is 10.7 Å². The third-order valence-corrected chi connectivity index (χ3v) is 5.28. The topological polar surface area (TPSA) is 43.8 Å². The highest BCUT2D eigenvalue weighted by atomic mass is 32.2. The number of benzene rings is 1. The largest absolute Gasteiger partial charge is 0.325 e. The van der Waals surface area contributed by atoms with Crippen molar-refractivity contribution in [2.24, 2.45) is 5.73 Å². The Morgan fingerprint density at radius 1 is 1.18 bits per heavy atom. The summed E-state index contributed by atoms with van der Waals surface area (Å²) in [5, 5.41) is 1.12. The first-order valence-corrected chi connectivity index (χ1v) is 9.33. The van der Waals surface area contributed by atoms with Crippen LogP contribution in [0.3, 0.4) is 0 Å². The molecule has 2 heterocycles. The molecular formula is C18H25N3S. The van der Waals surface area contributed by atoms with Crippen LogP contribution < -0.4 is 5.73 Å². The number of rotatable bonds is 7. The Labute approximate surface area is 137 Å². The van der Waals surface area contributed by atoms with Gasteiger partial charge >= 0.3 is 0 Å². The lowest BCUT2D eigenvalue weighted by molar-refractivity contribution is 0.667. The fraction of sp³-hybridized carbons (Fsp3) is 0.500. The molecule has 3 rings (SSSR count). The fourth-order valence-electron chi connectivity index (χ4n) is 3.06. The summed E-state index contributed by atoms with van der Waals surface area (Å²) in [7, 11) is 0. The molecule has 0 radical (unpaired) electrons. The second-order valence-electron chi connectivity index (χ2n) is 5.90. The number of unbranched alkanes of at least 4 members (excludes halogenated alkanes) is 3. The number of hydrogen-bond acceptors (Lipinski definition) is 3. The van der Waals surface area contributed by atoms with Gasteiger partial charge in [-0.25, -0.2) is 4.98 Å². The third-order valence-electron chi connectivity index (χ3n) is 4.32. The van der Waals surface area contributed by atoms with Gasteiger partial charge in [-0.1, -0.05) is 62.2 Å². The normalized spacial score (nSPS) is 13.5. The van der Waals surface area contributed by atoms with Gasteiger partial charge in [0, 0.05) is 24.4 Å². The van der Waals surface area contributed by atoms with Crippen LogP contribution >= 0.6 is 11.8 Å². The average molecular weight is 315 g/mol. The average Bonchev–Trinajstić information content (AvgIpc) is 3.12. The number of nitrogens with two attached hydrogens (primary N) is 1. The standard InChI is InChI=1S/C18H25N3S/c1-2-3-4-5-6-14-7-9-15(10-8-14)17-16(13-19)21-11-12-22-18(21)20-17/h7-10H,2-6,11-13,19H2,1H3. The highest BCUT2D eigenvalue weighted by molar-refractivity contribution is 7.99. The van der Waals surface area contributed by atoms with E-state index in [0.29, 0.717) is 6.54 Å². The predicted molar refractivity (Wildman–Crippen MR) is 94.1 cm³/mol. The first-order valence-electron chi connectivity index (χ1n) is 8.35. The molecule has 2 aromatic rings. The molecule has 2 N–H and O–H groups in total. The molecule has 0 aliphatic carbocycles. The van der Waals surface area contributed by atoms with E-state index in [0.717, 1.165) is 23.1 Å². The number of aryl methyl sites for hydroxylation is 1. The predicted octanol–water partition coefficient (Wildman–Crippen LogP) is 4.24. The van der Waals surface area contributed by atoms with E-state index >= 15 is 0 Å². The van der Waals surface area contributed by atoms with E-state index in [1.165, 1.54) is 48.9 Å². The molecule has 22 heavy (non-hydrogen) atoms. The Bertz CT molecular complexity index is 616. The second kappa shape index (κ2) is 7.34. The summed E-state index contributed by atoms with van der Waals surface area (Å²) < 4.78 is 2.28. The quantitative estimate of drug-likeness (QED) is 0.777. The minimum absolute atomic E-state index is 0.557. The van der Waals surface area contributed by atoms with Gasteiger partial charge < -0.3 is 10.3 Å². The van der Waals surface area contributed by atoms with Gasteiger partial charge in [0.05, 0.1) is 11.4 Å². The molecule has 0 spiro atoms. The van der Waals surface area contributed by atoms with Gasteiger partial charge in [0.1, 0.15) is 0 Å². The molecule has 0 bridgehead atoms. The van der Waals surface area contributed by atoms with E-state index in [-0.39, 0.29) is 0 Å². The summed E-state index contributed by atoms with van der Waals surface area (Å²) in [5.41, 5.74) is 10.8. The molecule has 0 fully saturated rings. The lowest BCUT2D eigenvalue weighted by Crippen LogP contribution is -2.07. The van der Waals surface area contributed by atoms with Crippen LogP contribution in [0.5, 0.6) is 0 Å². The summed E-state index contributed by atoms with van der Waals surface area (Å²) in [6, 6.07) is 8.91. The fourth-order valence-corrected chi connectivity index (χ4v) is 4.03. The monoisotopic (exact) mass is 315 g/mol. The molecule has 0 unspecified atom stereocenters. The highest BCUT2D eigenvalue weighted by Gasteiger charge is 2.21. The molecule has 0 atom stereocenters. The Morgan fingerprint density at radius 2 is 2.00 bits per heavy atom. The van der Waals surface area contributed by atoms with Crippen molar-refractivity contribution in [2.75, 3.05) is 5.75 Å². The van der Waals surface area contributed by atoms with Crippen molar-refractivity contribution in [1.29, 1.82) is 0 Å². The van der Waals surface area contributed by atoms with E-state index < -0.39 is 0 Å². The molecule has 1 aliphatic rings. The third kappa shape index (κ3) is 3.23. The molecular weight excluding hydrogens is 290 g/mol. The molecule has 1 aromatic carbocycles. The van der Waals surface area contributed by atoms with Gasteiger partial charge in [0.25, 0.3) is 0 Å². The van der Waals surface area contributed by atoms with E-state index in [9.17, 15) is 0 Å². The van der Waals surface area contributed by atoms with Crippen LogP contribution in [-0.2, 0) is 19.5 Å². The zero-order chi connectivity index (χ0) is 15.4. The molecule has 0 saturated carbocycles. The van der Waals surface area contributed by atoms with Gasteiger partial charge in [-0.05, 0) is 18.4 Å². The van der Waals surface area contributed by atoms with Crippen molar-refractivity contribution in [3.05, 3.63) is 35.5 Å². The second-order valence-corrected chi connectivity index (χ2v) is 6.96. The number of imidazole rings is 1. The van der Waals surface area contributed by atoms with E-state index in [1.54, 1.807) is 0 Å². The molecule has 1 aromatic heterocycles. The number of aromatic nitrogens is 2. The van der Waals surface area contributed by atoms with Gasteiger partial charge in [-0.15, -0.1) is 0 Å².